The Morgan fingerprint density at radius 3 is 2.85 bits per heavy atom. The lowest BCUT2D eigenvalue weighted by molar-refractivity contribution is 1.09. The van der Waals surface area contributed by atoms with Crippen molar-refractivity contribution in [1.82, 2.24) is 0 Å². The van der Waals surface area contributed by atoms with Gasteiger partial charge in [0, 0.05) is 36.4 Å². The molecule has 1 aromatic rings. The van der Waals surface area contributed by atoms with E-state index in [0.717, 1.165) is 11.3 Å². The smallest absolute Gasteiger partial charge is 0.0495 e. The van der Waals surface area contributed by atoms with Crippen LogP contribution in [0, 0.1) is 0 Å². The third kappa shape index (κ3) is 1.35. The molecule has 0 spiro atoms. The maximum atomic E-state index is 4.21. The van der Waals surface area contributed by atoms with Crippen LogP contribution < -0.4 is 4.90 Å². The van der Waals surface area contributed by atoms with Gasteiger partial charge in [-0.2, -0.15) is 0 Å². The van der Waals surface area contributed by atoms with Crippen LogP contribution in [0.1, 0.15) is 12.5 Å². The first-order valence-corrected chi connectivity index (χ1v) is 4.32. The average Bonchev–Trinajstić information content (AvgIpc) is 2.29. The van der Waals surface area contributed by atoms with Gasteiger partial charge in [-0.1, -0.05) is 18.2 Å². The van der Waals surface area contributed by atoms with E-state index < -0.39 is 0 Å². The molecule has 0 amide bonds. The number of hydrogen-bond donors (Lipinski definition) is 0. The molecule has 13 heavy (non-hydrogen) atoms. The van der Waals surface area contributed by atoms with Crippen molar-refractivity contribution in [1.29, 1.82) is 0 Å². The van der Waals surface area contributed by atoms with E-state index in [2.05, 4.69) is 36.0 Å². The lowest BCUT2D eigenvalue weighted by Gasteiger charge is -2.19. The zero-order chi connectivity index (χ0) is 9.26. The Bertz CT molecular complexity index is 377. The summed E-state index contributed by atoms with van der Waals surface area (Å²) in [5.74, 6) is 0. The van der Waals surface area contributed by atoms with Crippen LogP contribution in [-0.4, -0.2) is 13.3 Å². The number of nitrogens with zero attached hydrogens (tertiary/aromatic N) is 2. The number of rotatable bonds is 0. The summed E-state index contributed by atoms with van der Waals surface area (Å²) in [5.41, 5.74) is 3.52. The van der Waals surface area contributed by atoms with Gasteiger partial charge in [0.05, 0.1) is 0 Å². The van der Waals surface area contributed by atoms with Crippen molar-refractivity contribution in [3.63, 3.8) is 0 Å². The Morgan fingerprint density at radius 1 is 1.23 bits per heavy atom. The summed E-state index contributed by atoms with van der Waals surface area (Å²) in [5, 5.41) is 0. The molecular weight excluding hydrogens is 160 g/mol. The fraction of sp³-hybridized carbons (Fsp3) is 0.182. The van der Waals surface area contributed by atoms with Crippen LogP contribution in [0.15, 0.2) is 41.2 Å². The summed E-state index contributed by atoms with van der Waals surface area (Å²) in [7, 11) is 2.05. The first kappa shape index (κ1) is 8.05. The van der Waals surface area contributed by atoms with Gasteiger partial charge < -0.3 is 4.90 Å². The van der Waals surface area contributed by atoms with Gasteiger partial charge in [-0.25, -0.2) is 0 Å². The van der Waals surface area contributed by atoms with Crippen molar-refractivity contribution in [2.24, 2.45) is 4.99 Å². The third-order valence-electron chi connectivity index (χ3n) is 2.30. The van der Waals surface area contributed by atoms with E-state index in [1.807, 2.05) is 24.5 Å². The van der Waals surface area contributed by atoms with Gasteiger partial charge in [0.15, 0.2) is 0 Å². The molecule has 0 saturated carbocycles. The molecule has 0 fully saturated rings. The highest BCUT2D eigenvalue weighted by atomic mass is 15.1. The van der Waals surface area contributed by atoms with Crippen LogP contribution in [0.3, 0.4) is 0 Å². The quantitative estimate of drug-likeness (QED) is 0.586. The molecule has 0 aliphatic carbocycles. The zero-order valence-corrected chi connectivity index (χ0v) is 7.86. The molecule has 2 heteroatoms. The Kier molecular flexibility index (Phi) is 1.89. The van der Waals surface area contributed by atoms with Gasteiger partial charge in [-0.3, -0.25) is 4.99 Å². The first-order valence-electron chi connectivity index (χ1n) is 4.32. The summed E-state index contributed by atoms with van der Waals surface area (Å²) < 4.78 is 0. The molecule has 0 saturated heterocycles. The summed E-state index contributed by atoms with van der Waals surface area (Å²) in [4.78, 5) is 6.36. The van der Waals surface area contributed by atoms with Crippen LogP contribution in [0.4, 0.5) is 5.69 Å². The van der Waals surface area contributed by atoms with Gasteiger partial charge in [0.25, 0.3) is 0 Å². The lowest BCUT2D eigenvalue weighted by Crippen LogP contribution is -2.14. The molecule has 1 heterocycles. The number of allylic oxidation sites excluding steroid dienone is 1. The van der Waals surface area contributed by atoms with Crippen molar-refractivity contribution in [3.05, 3.63) is 41.7 Å². The Labute approximate surface area is 78.2 Å². The third-order valence-corrected chi connectivity index (χ3v) is 2.30. The summed E-state index contributed by atoms with van der Waals surface area (Å²) in [6, 6.07) is 8.24. The highest BCUT2D eigenvalue weighted by Gasteiger charge is 2.08. The van der Waals surface area contributed by atoms with Gasteiger partial charge in [-0.05, 0) is 13.0 Å². The molecule has 0 N–H and O–H groups in total. The largest absolute Gasteiger partial charge is 0.346 e. The molecule has 0 atom stereocenters. The number of fused-ring (bicyclic) bond motifs is 1. The number of benzene rings is 1. The standard InChI is InChI=1S/C11H12N2/c1-9-7-12-8-10-5-3-4-6-11(10)13(9)2/h3-8H,1-2H3. The zero-order valence-electron chi connectivity index (χ0n) is 7.86. The number of anilines is 1. The van der Waals surface area contributed by atoms with Crippen molar-refractivity contribution in [3.8, 4) is 0 Å². The molecule has 2 nitrogen and oxygen atoms in total. The fourth-order valence-corrected chi connectivity index (χ4v) is 1.40. The molecule has 1 aromatic carbocycles. The highest BCUT2D eigenvalue weighted by Crippen LogP contribution is 2.22. The molecule has 2 rings (SSSR count). The van der Waals surface area contributed by atoms with E-state index in [-0.39, 0.29) is 0 Å². The monoisotopic (exact) mass is 172 g/mol. The summed E-state index contributed by atoms with van der Waals surface area (Å²) >= 11 is 0. The predicted octanol–water partition coefficient (Wildman–Crippen LogP) is 2.42. The lowest BCUT2D eigenvalue weighted by atomic mass is 10.2. The van der Waals surface area contributed by atoms with E-state index >= 15 is 0 Å². The summed E-state index contributed by atoms with van der Waals surface area (Å²) in [6.07, 6.45) is 3.77. The van der Waals surface area contributed by atoms with Crippen molar-refractivity contribution < 1.29 is 0 Å². The number of aliphatic imine (C=N–C) groups is 1. The minimum atomic E-state index is 1.15. The molecule has 0 aromatic heterocycles. The van der Waals surface area contributed by atoms with E-state index in [1.165, 1.54) is 5.69 Å². The number of para-hydroxylation sites is 1. The van der Waals surface area contributed by atoms with Crippen molar-refractivity contribution in [2.45, 2.75) is 6.92 Å². The second-order valence-electron chi connectivity index (χ2n) is 3.17. The van der Waals surface area contributed by atoms with E-state index in [9.17, 15) is 0 Å². The molecular formula is C11H12N2. The van der Waals surface area contributed by atoms with Crippen molar-refractivity contribution in [2.75, 3.05) is 11.9 Å². The minimum absolute atomic E-state index is 1.15. The SMILES string of the molecule is CC1=CN=Cc2ccccc2N1C. The Hall–Kier alpha value is -1.57. The Morgan fingerprint density at radius 2 is 2.00 bits per heavy atom. The van der Waals surface area contributed by atoms with Gasteiger partial charge in [0.1, 0.15) is 0 Å². The van der Waals surface area contributed by atoms with Gasteiger partial charge >= 0.3 is 0 Å². The van der Waals surface area contributed by atoms with E-state index in [0.29, 0.717) is 0 Å². The first-order chi connectivity index (χ1) is 6.29. The maximum absolute atomic E-state index is 4.21. The van der Waals surface area contributed by atoms with Crippen molar-refractivity contribution >= 4 is 11.9 Å². The highest BCUT2D eigenvalue weighted by molar-refractivity contribution is 5.89. The molecule has 0 unspecified atom stereocenters. The van der Waals surface area contributed by atoms with Gasteiger partial charge in [0.2, 0.25) is 0 Å². The second-order valence-corrected chi connectivity index (χ2v) is 3.17. The second kappa shape index (κ2) is 3.05. The Balaban J connectivity index is 2.57. The molecule has 1 aliphatic heterocycles. The summed E-state index contributed by atoms with van der Waals surface area (Å²) in [6.45, 7) is 2.06. The predicted molar refractivity (Wildman–Crippen MR) is 56.2 cm³/mol. The van der Waals surface area contributed by atoms with Crippen LogP contribution in [0.25, 0.3) is 0 Å². The normalized spacial score (nSPS) is 14.9. The van der Waals surface area contributed by atoms with E-state index in [1.54, 1.807) is 0 Å². The molecule has 1 aliphatic rings. The van der Waals surface area contributed by atoms with Crippen LogP contribution in [0.2, 0.25) is 0 Å². The van der Waals surface area contributed by atoms with Crippen LogP contribution in [0.5, 0.6) is 0 Å². The fourth-order valence-electron chi connectivity index (χ4n) is 1.40. The molecule has 0 radical (unpaired) electrons. The number of hydrogen-bond acceptors (Lipinski definition) is 2. The van der Waals surface area contributed by atoms with Gasteiger partial charge in [-0.15, -0.1) is 0 Å². The van der Waals surface area contributed by atoms with Crippen LogP contribution >= 0.6 is 0 Å². The minimum Gasteiger partial charge on any atom is -0.346 e. The van der Waals surface area contributed by atoms with Crippen LogP contribution in [-0.2, 0) is 0 Å². The maximum Gasteiger partial charge on any atom is 0.0495 e. The average molecular weight is 172 g/mol. The topological polar surface area (TPSA) is 15.6 Å². The van der Waals surface area contributed by atoms with E-state index in [4.69, 9.17) is 0 Å². The molecule has 66 valence electrons. The molecule has 0 bridgehead atoms.